The van der Waals surface area contributed by atoms with Gasteiger partial charge in [0.25, 0.3) is 0 Å². The van der Waals surface area contributed by atoms with Crippen molar-refractivity contribution in [3.8, 4) is 0 Å². The van der Waals surface area contributed by atoms with Gasteiger partial charge in [0.05, 0.1) is 0 Å². The van der Waals surface area contributed by atoms with E-state index in [4.69, 9.17) is 0 Å². The van der Waals surface area contributed by atoms with Crippen molar-refractivity contribution >= 4 is 23.1 Å². The maximum Gasteiger partial charge on any atom is 2.00 e. The summed E-state index contributed by atoms with van der Waals surface area (Å²) in [4.78, 5) is 0. The van der Waals surface area contributed by atoms with Gasteiger partial charge in [-0.25, -0.2) is 0 Å². The van der Waals surface area contributed by atoms with Gasteiger partial charge in [0.15, 0.2) is 0 Å². The molecule has 0 amide bonds. The molecule has 0 aliphatic rings. The van der Waals surface area contributed by atoms with E-state index < -0.39 is 0 Å². The van der Waals surface area contributed by atoms with Gasteiger partial charge in [-0.3, -0.25) is 4.70 Å². The smallest absolute Gasteiger partial charge is 1.00 e. The molecule has 23 valence electrons. The first-order chi connectivity index (χ1) is 0. The zero-order chi connectivity index (χ0) is 0. The van der Waals surface area contributed by atoms with Gasteiger partial charge in [-0.05, 0) is 0 Å². The van der Waals surface area contributed by atoms with Crippen LogP contribution in [0, 0.1) is 0 Å². The molecule has 0 atom stereocenters. The van der Waals surface area contributed by atoms with Crippen LogP contribution in [-0.4, -0.2) is 28.5 Å². The Labute approximate surface area is 68.2 Å². The summed E-state index contributed by atoms with van der Waals surface area (Å²) in [6.45, 7) is 0. The second-order valence-electron chi connectivity index (χ2n) is 0. The van der Waals surface area contributed by atoms with E-state index in [2.05, 4.69) is 0 Å². The third kappa shape index (κ3) is 9.25. The Balaban J connectivity index is 0. The van der Waals surface area contributed by atoms with E-state index >= 15 is 0 Å². The first kappa shape index (κ1) is 42.1. The fraction of sp³-hybridized carbons (Fsp3) is 0. The average molecular weight is 153 g/mol. The van der Waals surface area contributed by atoms with Crippen molar-refractivity contribution in [2.75, 3.05) is 0 Å². The van der Waals surface area contributed by atoms with Crippen molar-refractivity contribution in [1.29, 1.82) is 0 Å². The molecule has 0 saturated heterocycles. The van der Waals surface area contributed by atoms with Crippen LogP contribution in [0.1, 0.15) is 2.85 Å². The topological polar surface area (TPSA) is 31.5 Å². The van der Waals surface area contributed by atoms with E-state index in [1.807, 2.05) is 0 Å². The Bertz CT molecular complexity index is 13.5. The van der Waals surface area contributed by atoms with Gasteiger partial charge >= 0.3 is 23.1 Å². The maximum atomic E-state index is 0. The van der Waals surface area contributed by atoms with Crippen LogP contribution >= 0.6 is 0 Å². The summed E-state index contributed by atoms with van der Waals surface area (Å²) < 4.78 is 0. The van der Waals surface area contributed by atoms with E-state index in [0.29, 0.717) is 0 Å². The zero-order valence-corrected chi connectivity index (χ0v) is 6.45. The molecule has 4 heteroatoms. The van der Waals surface area contributed by atoms with E-state index in [1.165, 1.54) is 0 Å². The van der Waals surface area contributed by atoms with E-state index in [0.717, 1.165) is 0 Å². The van der Waals surface area contributed by atoms with Crippen LogP contribution < -0.4 is 0 Å². The fourth-order valence-corrected chi connectivity index (χ4v) is 0. The van der Waals surface area contributed by atoms with Crippen molar-refractivity contribution in [1.82, 2.24) is 0 Å². The molecule has 1 nitrogen and oxygen atoms in total. The van der Waals surface area contributed by atoms with E-state index in [1.54, 1.807) is 0 Å². The monoisotopic (exact) mass is 153 g/mol. The SMILES string of the molecule is F.O.[H-].[H-].[Mg+2].[Y]. The van der Waals surface area contributed by atoms with Crippen molar-refractivity contribution in [3.05, 3.63) is 0 Å². The number of rotatable bonds is 0. The summed E-state index contributed by atoms with van der Waals surface area (Å²) >= 11 is 0. The Morgan fingerprint density at radius 2 is 1.25 bits per heavy atom. The zero-order valence-electron chi connectivity index (χ0n) is 4.19. The minimum atomic E-state index is 0. The van der Waals surface area contributed by atoms with Gasteiger partial charge in [-0.15, -0.1) is 0 Å². The molecule has 0 heterocycles. The Hall–Kier alpha value is 1.76. The van der Waals surface area contributed by atoms with Crippen LogP contribution in [0.25, 0.3) is 0 Å². The maximum absolute atomic E-state index is 0. The van der Waals surface area contributed by atoms with Crippen molar-refractivity contribution in [2.45, 2.75) is 0 Å². The molecule has 0 spiro atoms. The Morgan fingerprint density at radius 3 is 1.25 bits per heavy atom. The Morgan fingerprint density at radius 1 is 1.25 bits per heavy atom. The van der Waals surface area contributed by atoms with Crippen LogP contribution in [0.3, 0.4) is 0 Å². The molecule has 0 aromatic carbocycles. The molecule has 0 saturated carbocycles. The molecular formula is H5FMgOY. The third-order valence-corrected chi connectivity index (χ3v) is 0. The second-order valence-corrected chi connectivity index (χ2v) is 0. The van der Waals surface area contributed by atoms with Gasteiger partial charge in [0, 0.05) is 32.7 Å². The van der Waals surface area contributed by atoms with E-state index in [9.17, 15) is 0 Å². The molecule has 0 aliphatic heterocycles. The molecule has 0 rings (SSSR count). The van der Waals surface area contributed by atoms with Gasteiger partial charge in [-0.2, -0.15) is 0 Å². The van der Waals surface area contributed by atoms with Crippen LogP contribution in [0.4, 0.5) is 4.70 Å². The van der Waals surface area contributed by atoms with Crippen molar-refractivity contribution in [2.24, 2.45) is 0 Å². The molecule has 0 unspecified atom stereocenters. The van der Waals surface area contributed by atoms with Crippen molar-refractivity contribution < 1.29 is 45.7 Å². The van der Waals surface area contributed by atoms with Crippen LogP contribution in [0.2, 0.25) is 0 Å². The van der Waals surface area contributed by atoms with Crippen molar-refractivity contribution in [3.63, 3.8) is 0 Å². The van der Waals surface area contributed by atoms with Gasteiger partial charge in [0.1, 0.15) is 0 Å². The second kappa shape index (κ2) is 21.7. The average Bonchev–Trinajstić information content (AvgIpc) is 0. The summed E-state index contributed by atoms with van der Waals surface area (Å²) in [7, 11) is 0. The molecule has 0 aliphatic carbocycles. The summed E-state index contributed by atoms with van der Waals surface area (Å²) in [6.07, 6.45) is 0. The predicted octanol–water partition coefficient (Wildman–Crippen LogP) is -0.831. The minimum Gasteiger partial charge on any atom is -1.00 e. The largest absolute Gasteiger partial charge is 2.00 e. The first-order valence-electron chi connectivity index (χ1n) is 0. The number of hydrogen-bond donors (Lipinski definition) is 0. The quantitative estimate of drug-likeness (QED) is 0.407. The molecule has 0 bridgehead atoms. The molecule has 4 heavy (non-hydrogen) atoms. The molecule has 0 aromatic heterocycles. The van der Waals surface area contributed by atoms with Crippen LogP contribution in [0.15, 0.2) is 0 Å². The molecule has 0 aromatic rings. The molecule has 2 N–H and O–H groups in total. The third-order valence-electron chi connectivity index (χ3n) is 0. The number of halogens is 1. The van der Waals surface area contributed by atoms with Gasteiger partial charge in [0.2, 0.25) is 0 Å². The molecule has 1 radical (unpaired) electrons. The van der Waals surface area contributed by atoms with Gasteiger partial charge < -0.3 is 8.33 Å². The van der Waals surface area contributed by atoms with Crippen LogP contribution in [0.5, 0.6) is 0 Å². The van der Waals surface area contributed by atoms with Gasteiger partial charge in [-0.1, -0.05) is 0 Å². The first-order valence-corrected chi connectivity index (χ1v) is 0. The summed E-state index contributed by atoms with van der Waals surface area (Å²) in [6, 6.07) is 0. The summed E-state index contributed by atoms with van der Waals surface area (Å²) in [5, 5.41) is 0. The van der Waals surface area contributed by atoms with Crippen LogP contribution in [-0.2, 0) is 32.7 Å². The Kier molecular flexibility index (Phi) is 229. The van der Waals surface area contributed by atoms with E-state index in [-0.39, 0.29) is 68.8 Å². The summed E-state index contributed by atoms with van der Waals surface area (Å²) in [5.74, 6) is 0. The fourth-order valence-electron chi connectivity index (χ4n) is 0. The predicted molar refractivity (Wildman–Crippen MR) is 14.1 cm³/mol. The summed E-state index contributed by atoms with van der Waals surface area (Å²) in [5.41, 5.74) is 0. The number of hydrogen-bond acceptors (Lipinski definition) is 0. The standard InChI is InChI=1S/FH.Mg.H2O.Y.2H/h1H;;1H2;;;/q;+2;;;2*-1. The molecular weight excluding hydrogens is 148 g/mol. The normalized spacial score (nSPS) is 0. The minimum absolute atomic E-state index is 0. The molecule has 0 fully saturated rings.